The summed E-state index contributed by atoms with van der Waals surface area (Å²) in [5.74, 6) is 0. The number of nitrogens with one attached hydrogen (secondary N) is 3. The Morgan fingerprint density at radius 3 is 2.38 bits per heavy atom. The number of sulfonamides is 1. The number of aryl methyl sites for hydroxylation is 1. The molecule has 6 nitrogen and oxygen atoms in total. The Bertz CT molecular complexity index is 1020. The molecule has 2 aromatic carbocycles. The molecule has 0 unspecified atom stereocenters. The summed E-state index contributed by atoms with van der Waals surface area (Å²) in [5, 5.41) is 0. The van der Waals surface area contributed by atoms with Crippen molar-refractivity contribution >= 4 is 21.1 Å². The molecule has 0 fully saturated rings. The molecule has 0 saturated carbocycles. The quantitative estimate of drug-likeness (QED) is 0.663. The van der Waals surface area contributed by atoms with E-state index in [1.54, 1.807) is 6.07 Å². The molecule has 0 bridgehead atoms. The van der Waals surface area contributed by atoms with Gasteiger partial charge in [0.1, 0.15) is 0 Å². The van der Waals surface area contributed by atoms with Gasteiger partial charge in [0.25, 0.3) is 0 Å². The summed E-state index contributed by atoms with van der Waals surface area (Å²) in [7, 11) is -3.70. The lowest BCUT2D eigenvalue weighted by Gasteiger charge is -2.18. The molecule has 3 rings (SSSR count). The number of benzene rings is 2. The molecule has 0 aliphatic carbocycles. The number of imidazole rings is 1. The first-order valence-electron chi connectivity index (χ1n) is 7.70. The van der Waals surface area contributed by atoms with Crippen LogP contribution in [-0.2, 0) is 10.0 Å². The minimum atomic E-state index is -3.70. The standard InChI is InChI=1S/C17H19N3O3S/c1-3-14(12-6-4-11(2)5-7-12)20-24(22,23)13-8-9-15-16(10-13)19-17(21)18-15/h4-10,14,20H,3H2,1-2H3,(H2,18,19,21)/t14-/m0/s1. The Balaban J connectivity index is 1.92. The second kappa shape index (κ2) is 6.26. The summed E-state index contributed by atoms with van der Waals surface area (Å²) < 4.78 is 28.1. The summed E-state index contributed by atoms with van der Waals surface area (Å²) in [6.45, 7) is 3.92. The third kappa shape index (κ3) is 3.27. The molecule has 3 aromatic rings. The zero-order valence-electron chi connectivity index (χ0n) is 13.5. The van der Waals surface area contributed by atoms with Crippen molar-refractivity contribution in [3.63, 3.8) is 0 Å². The van der Waals surface area contributed by atoms with Crippen LogP contribution < -0.4 is 10.4 Å². The van der Waals surface area contributed by atoms with Crippen LogP contribution in [0.3, 0.4) is 0 Å². The second-order valence-electron chi connectivity index (χ2n) is 5.78. The summed E-state index contributed by atoms with van der Waals surface area (Å²) >= 11 is 0. The lowest BCUT2D eigenvalue weighted by molar-refractivity contribution is 0.550. The van der Waals surface area contributed by atoms with Crippen molar-refractivity contribution in [2.45, 2.75) is 31.2 Å². The Hall–Kier alpha value is -2.38. The predicted octanol–water partition coefficient (Wildman–Crippen LogP) is 2.59. The molecule has 1 aromatic heterocycles. The van der Waals surface area contributed by atoms with E-state index in [0.717, 1.165) is 11.1 Å². The minimum Gasteiger partial charge on any atom is -0.306 e. The van der Waals surface area contributed by atoms with Gasteiger partial charge in [-0.1, -0.05) is 36.8 Å². The van der Waals surface area contributed by atoms with Crippen LogP contribution in [0.1, 0.15) is 30.5 Å². The van der Waals surface area contributed by atoms with Gasteiger partial charge >= 0.3 is 5.69 Å². The Labute approximate surface area is 140 Å². The van der Waals surface area contributed by atoms with E-state index in [1.165, 1.54) is 12.1 Å². The summed E-state index contributed by atoms with van der Waals surface area (Å²) in [4.78, 5) is 16.6. The number of fused-ring (bicyclic) bond motifs is 1. The molecule has 7 heteroatoms. The van der Waals surface area contributed by atoms with E-state index in [2.05, 4.69) is 14.7 Å². The predicted molar refractivity (Wildman–Crippen MR) is 93.5 cm³/mol. The maximum absolute atomic E-state index is 12.7. The van der Waals surface area contributed by atoms with Crippen LogP contribution in [0.5, 0.6) is 0 Å². The highest BCUT2D eigenvalue weighted by molar-refractivity contribution is 7.89. The molecule has 0 aliphatic rings. The van der Waals surface area contributed by atoms with E-state index in [1.807, 2.05) is 38.1 Å². The fourth-order valence-corrected chi connectivity index (χ4v) is 3.95. The third-order valence-corrected chi connectivity index (χ3v) is 5.45. The van der Waals surface area contributed by atoms with Gasteiger partial charge in [-0.15, -0.1) is 0 Å². The van der Waals surface area contributed by atoms with E-state index < -0.39 is 10.0 Å². The monoisotopic (exact) mass is 345 g/mol. The maximum Gasteiger partial charge on any atom is 0.323 e. The zero-order chi connectivity index (χ0) is 17.3. The average Bonchev–Trinajstić information content (AvgIpc) is 2.92. The van der Waals surface area contributed by atoms with E-state index in [-0.39, 0.29) is 16.6 Å². The van der Waals surface area contributed by atoms with Crippen molar-refractivity contribution in [1.29, 1.82) is 0 Å². The van der Waals surface area contributed by atoms with Gasteiger partial charge in [-0.2, -0.15) is 0 Å². The highest BCUT2D eigenvalue weighted by atomic mass is 32.2. The molecule has 0 radical (unpaired) electrons. The van der Waals surface area contributed by atoms with Crippen LogP contribution in [0, 0.1) is 6.92 Å². The van der Waals surface area contributed by atoms with E-state index >= 15 is 0 Å². The first-order chi connectivity index (χ1) is 11.4. The SMILES string of the molecule is CC[C@H](NS(=O)(=O)c1ccc2[nH]c(=O)[nH]c2c1)c1ccc(C)cc1. The third-order valence-electron chi connectivity index (χ3n) is 3.98. The van der Waals surface area contributed by atoms with Crippen molar-refractivity contribution in [2.75, 3.05) is 0 Å². The normalized spacial score (nSPS) is 13.2. The van der Waals surface area contributed by atoms with Crippen molar-refractivity contribution in [2.24, 2.45) is 0 Å². The van der Waals surface area contributed by atoms with Crippen molar-refractivity contribution in [1.82, 2.24) is 14.7 Å². The van der Waals surface area contributed by atoms with Crippen LogP contribution in [-0.4, -0.2) is 18.4 Å². The smallest absolute Gasteiger partial charge is 0.306 e. The largest absolute Gasteiger partial charge is 0.323 e. The summed E-state index contributed by atoms with van der Waals surface area (Å²) in [6.07, 6.45) is 0.630. The van der Waals surface area contributed by atoms with Crippen molar-refractivity contribution in [3.8, 4) is 0 Å². The molecule has 3 N–H and O–H groups in total. The molecular weight excluding hydrogens is 326 g/mol. The van der Waals surface area contributed by atoms with Gasteiger partial charge < -0.3 is 9.97 Å². The summed E-state index contributed by atoms with van der Waals surface area (Å²) in [5.41, 5.74) is 2.72. The van der Waals surface area contributed by atoms with Gasteiger partial charge in [-0.25, -0.2) is 17.9 Å². The highest BCUT2D eigenvalue weighted by Crippen LogP contribution is 2.22. The van der Waals surface area contributed by atoms with Crippen LogP contribution in [0.2, 0.25) is 0 Å². The molecule has 24 heavy (non-hydrogen) atoms. The number of H-pyrrole nitrogens is 2. The Kier molecular flexibility index (Phi) is 4.29. The molecule has 126 valence electrons. The van der Waals surface area contributed by atoms with Crippen LogP contribution in [0.25, 0.3) is 11.0 Å². The fourth-order valence-electron chi connectivity index (χ4n) is 2.62. The zero-order valence-corrected chi connectivity index (χ0v) is 14.3. The highest BCUT2D eigenvalue weighted by Gasteiger charge is 2.21. The van der Waals surface area contributed by atoms with E-state index in [0.29, 0.717) is 17.5 Å². The van der Waals surface area contributed by atoms with Crippen LogP contribution in [0.15, 0.2) is 52.2 Å². The first kappa shape index (κ1) is 16.5. The van der Waals surface area contributed by atoms with Gasteiger partial charge in [-0.05, 0) is 37.1 Å². The van der Waals surface area contributed by atoms with Crippen LogP contribution in [0.4, 0.5) is 0 Å². The van der Waals surface area contributed by atoms with Crippen LogP contribution >= 0.6 is 0 Å². The van der Waals surface area contributed by atoms with Gasteiger partial charge in [0, 0.05) is 6.04 Å². The van der Waals surface area contributed by atoms with Gasteiger partial charge in [-0.3, -0.25) is 0 Å². The molecule has 0 amide bonds. The van der Waals surface area contributed by atoms with E-state index in [4.69, 9.17) is 0 Å². The lowest BCUT2D eigenvalue weighted by Crippen LogP contribution is -2.28. The van der Waals surface area contributed by atoms with Gasteiger partial charge in [0.15, 0.2) is 0 Å². The first-order valence-corrected chi connectivity index (χ1v) is 9.18. The fraction of sp³-hybridized carbons (Fsp3) is 0.235. The Morgan fingerprint density at radius 1 is 1.04 bits per heavy atom. The summed E-state index contributed by atoms with van der Waals surface area (Å²) in [6, 6.07) is 12.0. The molecule has 1 atom stereocenters. The number of aromatic amines is 2. The number of aromatic nitrogens is 2. The minimum absolute atomic E-state index is 0.121. The molecule has 0 spiro atoms. The maximum atomic E-state index is 12.7. The molecule has 0 aliphatic heterocycles. The number of hydrogen-bond acceptors (Lipinski definition) is 3. The molecular formula is C17H19N3O3S. The number of hydrogen-bond donors (Lipinski definition) is 3. The van der Waals surface area contributed by atoms with Gasteiger partial charge in [0.2, 0.25) is 10.0 Å². The molecule has 0 saturated heterocycles. The Morgan fingerprint density at radius 2 is 1.71 bits per heavy atom. The number of rotatable bonds is 5. The average molecular weight is 345 g/mol. The van der Waals surface area contributed by atoms with Gasteiger partial charge in [0.05, 0.1) is 15.9 Å². The topological polar surface area (TPSA) is 94.8 Å². The second-order valence-corrected chi connectivity index (χ2v) is 7.49. The van der Waals surface area contributed by atoms with E-state index in [9.17, 15) is 13.2 Å². The molecule has 1 heterocycles. The lowest BCUT2D eigenvalue weighted by atomic mass is 10.0. The van der Waals surface area contributed by atoms with Crippen molar-refractivity contribution in [3.05, 3.63) is 64.1 Å². The van der Waals surface area contributed by atoms with Crippen molar-refractivity contribution < 1.29 is 8.42 Å².